The Labute approximate surface area is 162 Å². The Hall–Kier alpha value is -3.59. The largest absolute Gasteiger partial charge is 0.325 e. The molecule has 2 amide bonds. The van der Waals surface area contributed by atoms with Gasteiger partial charge in [0.05, 0.1) is 6.54 Å². The van der Waals surface area contributed by atoms with Crippen LogP contribution < -0.4 is 10.6 Å². The quantitative estimate of drug-likeness (QED) is 0.643. The van der Waals surface area contributed by atoms with Crippen LogP contribution in [0.5, 0.6) is 0 Å². The monoisotopic (exact) mass is 379 g/mol. The smallest absolute Gasteiger partial charge is 0.253 e. The molecular formula is C19H21N7O2. The third-order valence-electron chi connectivity index (χ3n) is 3.89. The van der Waals surface area contributed by atoms with Crippen molar-refractivity contribution in [3.05, 3.63) is 66.5 Å². The van der Waals surface area contributed by atoms with Crippen molar-refractivity contribution in [2.24, 2.45) is 0 Å². The first-order valence-corrected chi connectivity index (χ1v) is 8.66. The van der Waals surface area contributed by atoms with E-state index >= 15 is 0 Å². The van der Waals surface area contributed by atoms with Gasteiger partial charge in [0.1, 0.15) is 6.33 Å². The Morgan fingerprint density at radius 3 is 2.21 bits per heavy atom. The molecule has 9 heteroatoms. The first-order valence-electron chi connectivity index (χ1n) is 8.66. The van der Waals surface area contributed by atoms with E-state index in [-0.39, 0.29) is 11.8 Å². The molecule has 3 rings (SSSR count). The molecule has 0 aliphatic heterocycles. The molecule has 0 bridgehead atoms. The van der Waals surface area contributed by atoms with Crippen LogP contribution >= 0.6 is 0 Å². The molecule has 0 spiro atoms. The molecule has 0 radical (unpaired) electrons. The van der Waals surface area contributed by atoms with Crippen molar-refractivity contribution in [2.45, 2.75) is 6.04 Å². The number of amides is 2. The van der Waals surface area contributed by atoms with Crippen molar-refractivity contribution in [3.8, 4) is 0 Å². The fourth-order valence-corrected chi connectivity index (χ4v) is 2.68. The van der Waals surface area contributed by atoms with Crippen LogP contribution in [0, 0.1) is 0 Å². The van der Waals surface area contributed by atoms with Crippen LogP contribution in [0.3, 0.4) is 0 Å². The van der Waals surface area contributed by atoms with Crippen molar-refractivity contribution < 1.29 is 9.59 Å². The third kappa shape index (κ3) is 4.98. The van der Waals surface area contributed by atoms with Crippen molar-refractivity contribution in [1.82, 2.24) is 25.1 Å². The number of hydrogen-bond acceptors (Lipinski definition) is 6. The molecule has 0 saturated heterocycles. The topological polar surface area (TPSA) is 105 Å². The van der Waals surface area contributed by atoms with Crippen LogP contribution in [-0.4, -0.2) is 57.6 Å². The van der Waals surface area contributed by atoms with Crippen molar-refractivity contribution >= 4 is 23.2 Å². The predicted octanol–water partition coefficient (Wildman–Crippen LogP) is 1.40. The van der Waals surface area contributed by atoms with Crippen LogP contribution in [0.1, 0.15) is 11.6 Å². The number of likely N-dealkylation sites (N-methyl/N-ethyl adjacent to an activating group) is 1. The number of nitrogens with zero attached hydrogens (tertiary/aromatic N) is 5. The van der Waals surface area contributed by atoms with E-state index in [9.17, 15) is 9.59 Å². The van der Waals surface area contributed by atoms with E-state index in [0.29, 0.717) is 17.9 Å². The second-order valence-electron chi connectivity index (χ2n) is 6.46. The average molecular weight is 379 g/mol. The van der Waals surface area contributed by atoms with E-state index < -0.39 is 6.04 Å². The molecule has 144 valence electrons. The lowest BCUT2D eigenvalue weighted by Crippen LogP contribution is -2.28. The number of aromatic nitrogens is 4. The number of tetrazole rings is 1. The summed E-state index contributed by atoms with van der Waals surface area (Å²) in [5, 5.41) is 16.8. The van der Waals surface area contributed by atoms with Gasteiger partial charge in [-0.1, -0.05) is 30.3 Å². The zero-order chi connectivity index (χ0) is 19.9. The summed E-state index contributed by atoms with van der Waals surface area (Å²) in [6.07, 6.45) is 1.40. The number of benzene rings is 2. The number of carbonyl (C=O) groups is 2. The van der Waals surface area contributed by atoms with Crippen LogP contribution in [0.25, 0.3) is 0 Å². The molecule has 0 aliphatic rings. The average Bonchev–Trinajstić information content (AvgIpc) is 3.18. The van der Waals surface area contributed by atoms with Gasteiger partial charge < -0.3 is 15.5 Å². The molecule has 28 heavy (non-hydrogen) atoms. The SMILES string of the molecule is CN(C)CC(=O)Nc1ccc(NC(=O)C(c2ccccc2)n2cnnn2)cc1. The Bertz CT molecular complexity index is 909. The Morgan fingerprint density at radius 2 is 1.64 bits per heavy atom. The minimum absolute atomic E-state index is 0.107. The summed E-state index contributed by atoms with van der Waals surface area (Å²) in [7, 11) is 3.65. The molecule has 2 aromatic carbocycles. The fraction of sp³-hybridized carbons (Fsp3) is 0.211. The van der Waals surface area contributed by atoms with E-state index in [0.717, 1.165) is 5.56 Å². The maximum atomic E-state index is 12.9. The molecule has 0 fully saturated rings. The summed E-state index contributed by atoms with van der Waals surface area (Å²) in [5.74, 6) is -0.382. The highest BCUT2D eigenvalue weighted by Crippen LogP contribution is 2.20. The van der Waals surface area contributed by atoms with Gasteiger partial charge in [-0.25, -0.2) is 4.68 Å². The van der Waals surface area contributed by atoms with E-state index in [1.54, 1.807) is 29.2 Å². The highest BCUT2D eigenvalue weighted by atomic mass is 16.2. The predicted molar refractivity (Wildman–Crippen MR) is 105 cm³/mol. The van der Waals surface area contributed by atoms with E-state index in [4.69, 9.17) is 0 Å². The van der Waals surface area contributed by atoms with E-state index in [1.165, 1.54) is 11.0 Å². The van der Waals surface area contributed by atoms with Crippen LogP contribution in [0.15, 0.2) is 60.9 Å². The van der Waals surface area contributed by atoms with Crippen LogP contribution in [-0.2, 0) is 9.59 Å². The molecule has 1 atom stereocenters. The zero-order valence-electron chi connectivity index (χ0n) is 15.6. The third-order valence-corrected chi connectivity index (χ3v) is 3.89. The molecular weight excluding hydrogens is 358 g/mol. The van der Waals surface area contributed by atoms with Crippen molar-refractivity contribution in [3.63, 3.8) is 0 Å². The molecule has 1 heterocycles. The zero-order valence-corrected chi connectivity index (χ0v) is 15.6. The summed E-state index contributed by atoms with van der Waals surface area (Å²) in [6.45, 7) is 0.295. The molecule has 1 aromatic heterocycles. The first kappa shape index (κ1) is 19.2. The highest BCUT2D eigenvalue weighted by molar-refractivity contribution is 5.96. The van der Waals surface area contributed by atoms with Gasteiger partial charge in [-0.15, -0.1) is 5.10 Å². The van der Waals surface area contributed by atoms with Gasteiger partial charge >= 0.3 is 0 Å². The maximum Gasteiger partial charge on any atom is 0.253 e. The summed E-state index contributed by atoms with van der Waals surface area (Å²) in [5.41, 5.74) is 2.02. The van der Waals surface area contributed by atoms with Gasteiger partial charge in [-0.3, -0.25) is 9.59 Å². The van der Waals surface area contributed by atoms with Gasteiger partial charge in [0.2, 0.25) is 5.91 Å². The van der Waals surface area contributed by atoms with Crippen molar-refractivity contribution in [1.29, 1.82) is 0 Å². The van der Waals surface area contributed by atoms with Gasteiger partial charge in [-0.2, -0.15) is 0 Å². The molecule has 0 aliphatic carbocycles. The fourth-order valence-electron chi connectivity index (χ4n) is 2.68. The number of anilines is 2. The molecule has 2 N–H and O–H groups in total. The number of rotatable bonds is 7. The summed E-state index contributed by atoms with van der Waals surface area (Å²) < 4.78 is 1.40. The molecule has 9 nitrogen and oxygen atoms in total. The maximum absolute atomic E-state index is 12.9. The minimum atomic E-state index is -0.698. The van der Waals surface area contributed by atoms with Gasteiger partial charge in [0.15, 0.2) is 6.04 Å². The number of nitrogens with one attached hydrogen (secondary N) is 2. The summed E-state index contributed by atoms with van der Waals surface area (Å²) >= 11 is 0. The Kier molecular flexibility index (Phi) is 6.07. The molecule has 3 aromatic rings. The number of hydrogen-bond donors (Lipinski definition) is 2. The lowest BCUT2D eigenvalue weighted by molar-refractivity contribution is -0.118. The summed E-state index contributed by atoms with van der Waals surface area (Å²) in [4.78, 5) is 26.5. The first-order chi connectivity index (χ1) is 13.5. The van der Waals surface area contributed by atoms with E-state index in [1.807, 2.05) is 44.4 Å². The molecule has 1 unspecified atom stereocenters. The van der Waals surface area contributed by atoms with E-state index in [2.05, 4.69) is 26.2 Å². The second-order valence-corrected chi connectivity index (χ2v) is 6.46. The minimum Gasteiger partial charge on any atom is -0.325 e. The Morgan fingerprint density at radius 1 is 1.00 bits per heavy atom. The van der Waals surface area contributed by atoms with Gasteiger partial charge in [-0.05, 0) is 54.4 Å². The second kappa shape index (κ2) is 8.87. The summed E-state index contributed by atoms with van der Waals surface area (Å²) in [6, 6.07) is 15.5. The lowest BCUT2D eigenvalue weighted by Gasteiger charge is -2.17. The standard InChI is InChI=1S/C19H21N7O2/c1-25(2)12-17(27)21-15-8-10-16(11-9-15)22-19(28)18(26-13-20-23-24-26)14-6-4-3-5-7-14/h3-11,13,18H,12H2,1-2H3,(H,21,27)(H,22,28). The van der Waals surface area contributed by atoms with Crippen LogP contribution in [0.4, 0.5) is 11.4 Å². The highest BCUT2D eigenvalue weighted by Gasteiger charge is 2.23. The van der Waals surface area contributed by atoms with Gasteiger partial charge in [0, 0.05) is 11.4 Å². The number of carbonyl (C=O) groups excluding carboxylic acids is 2. The van der Waals surface area contributed by atoms with Gasteiger partial charge in [0.25, 0.3) is 5.91 Å². The Balaban J connectivity index is 1.71. The normalized spacial score (nSPS) is 11.8. The molecule has 0 saturated carbocycles. The lowest BCUT2D eigenvalue weighted by atomic mass is 10.1. The van der Waals surface area contributed by atoms with Crippen LogP contribution in [0.2, 0.25) is 0 Å². The van der Waals surface area contributed by atoms with Crippen molar-refractivity contribution in [2.75, 3.05) is 31.3 Å².